The van der Waals surface area contributed by atoms with Crippen molar-refractivity contribution in [2.24, 2.45) is 5.92 Å². The molecule has 7 nitrogen and oxygen atoms in total. The van der Waals surface area contributed by atoms with E-state index in [9.17, 15) is 14.4 Å². The number of nitrogens with zero attached hydrogens (tertiary/aromatic N) is 2. The summed E-state index contributed by atoms with van der Waals surface area (Å²) in [6.45, 7) is 4.99. The van der Waals surface area contributed by atoms with E-state index in [1.54, 1.807) is 11.1 Å². The zero-order chi connectivity index (χ0) is 16.1. The molecule has 0 spiro atoms. The number of rotatable bonds is 6. The van der Waals surface area contributed by atoms with Crippen molar-refractivity contribution >= 4 is 17.8 Å². The number of pyridine rings is 1. The van der Waals surface area contributed by atoms with Crippen LogP contribution in [0.3, 0.4) is 0 Å². The predicted octanol–water partition coefficient (Wildman–Crippen LogP) is 0.664. The Labute approximate surface area is 129 Å². The van der Waals surface area contributed by atoms with Crippen LogP contribution in [0, 0.1) is 5.92 Å². The second kappa shape index (κ2) is 7.02. The largest absolute Gasteiger partial charge is 0.336 e. The summed E-state index contributed by atoms with van der Waals surface area (Å²) in [6.07, 6.45) is 1.63. The van der Waals surface area contributed by atoms with Gasteiger partial charge in [0.2, 0.25) is 5.91 Å². The first-order valence-corrected chi connectivity index (χ1v) is 7.24. The highest BCUT2D eigenvalue weighted by molar-refractivity contribution is 6.05. The Balaban J connectivity index is 2.03. The smallest absolute Gasteiger partial charge is 0.322 e. The van der Waals surface area contributed by atoms with Gasteiger partial charge in [-0.05, 0) is 18.1 Å². The molecule has 1 aromatic rings. The van der Waals surface area contributed by atoms with Crippen LogP contribution in [0.25, 0.3) is 0 Å². The van der Waals surface area contributed by atoms with E-state index in [4.69, 9.17) is 0 Å². The molecular weight excluding hydrogens is 284 g/mol. The first-order chi connectivity index (χ1) is 10.5. The van der Waals surface area contributed by atoms with Crippen LogP contribution in [-0.2, 0) is 16.1 Å². The summed E-state index contributed by atoms with van der Waals surface area (Å²) in [4.78, 5) is 41.0. The minimum atomic E-state index is -0.793. The van der Waals surface area contributed by atoms with Crippen LogP contribution in [0.15, 0.2) is 24.4 Å². The first-order valence-electron chi connectivity index (χ1n) is 7.24. The van der Waals surface area contributed by atoms with Gasteiger partial charge < -0.3 is 10.2 Å². The number of aromatic nitrogens is 1. The van der Waals surface area contributed by atoms with Gasteiger partial charge in [0.05, 0.1) is 18.7 Å². The maximum atomic E-state index is 12.5. The fourth-order valence-electron chi connectivity index (χ4n) is 2.29. The van der Waals surface area contributed by atoms with Crippen molar-refractivity contribution in [2.75, 3.05) is 6.54 Å². The molecule has 0 aromatic carbocycles. The van der Waals surface area contributed by atoms with E-state index in [-0.39, 0.29) is 12.3 Å². The summed E-state index contributed by atoms with van der Waals surface area (Å²) in [5, 5.41) is 4.57. The van der Waals surface area contributed by atoms with Crippen LogP contribution in [0.5, 0.6) is 0 Å². The average Bonchev–Trinajstić information content (AvgIpc) is 2.76. The molecule has 1 fully saturated rings. The molecule has 0 saturated carbocycles. The molecule has 2 heterocycles. The maximum absolute atomic E-state index is 12.5. The van der Waals surface area contributed by atoms with Crippen LogP contribution in [0.4, 0.5) is 4.79 Å². The molecule has 118 valence electrons. The predicted molar refractivity (Wildman–Crippen MR) is 79.6 cm³/mol. The molecule has 22 heavy (non-hydrogen) atoms. The van der Waals surface area contributed by atoms with Crippen LogP contribution in [0.2, 0.25) is 0 Å². The second-order valence-electron chi connectivity index (χ2n) is 5.71. The third kappa shape index (κ3) is 4.28. The SMILES string of the molecule is CC(C)CN(Cc1ccccn1)C(=O)C[C@H]1NC(=O)NC1=O. The average molecular weight is 304 g/mol. The van der Waals surface area contributed by atoms with Gasteiger partial charge in [-0.1, -0.05) is 19.9 Å². The summed E-state index contributed by atoms with van der Waals surface area (Å²) < 4.78 is 0. The summed E-state index contributed by atoms with van der Waals surface area (Å²) >= 11 is 0. The molecule has 1 aliphatic heterocycles. The zero-order valence-corrected chi connectivity index (χ0v) is 12.7. The fourth-order valence-corrected chi connectivity index (χ4v) is 2.29. The van der Waals surface area contributed by atoms with Crippen molar-refractivity contribution in [1.82, 2.24) is 20.5 Å². The van der Waals surface area contributed by atoms with E-state index in [2.05, 4.69) is 15.6 Å². The number of hydrogen-bond donors (Lipinski definition) is 2. The van der Waals surface area contributed by atoms with Crippen molar-refractivity contribution in [3.63, 3.8) is 0 Å². The van der Waals surface area contributed by atoms with Crippen LogP contribution in [-0.4, -0.2) is 40.3 Å². The van der Waals surface area contributed by atoms with Crippen molar-refractivity contribution in [1.29, 1.82) is 0 Å². The Kier molecular flexibility index (Phi) is 5.08. The van der Waals surface area contributed by atoms with Gasteiger partial charge >= 0.3 is 6.03 Å². The number of amides is 4. The van der Waals surface area contributed by atoms with Gasteiger partial charge in [0.1, 0.15) is 6.04 Å². The van der Waals surface area contributed by atoms with Crippen molar-refractivity contribution in [3.05, 3.63) is 30.1 Å². The van der Waals surface area contributed by atoms with Crippen molar-refractivity contribution < 1.29 is 14.4 Å². The van der Waals surface area contributed by atoms with E-state index in [1.807, 2.05) is 32.0 Å². The molecule has 1 aromatic heterocycles. The minimum absolute atomic E-state index is 0.0445. The topological polar surface area (TPSA) is 91.4 Å². The number of hydrogen-bond acceptors (Lipinski definition) is 4. The molecule has 0 radical (unpaired) electrons. The number of urea groups is 1. The van der Waals surface area contributed by atoms with E-state index in [0.29, 0.717) is 19.0 Å². The molecular formula is C15H20N4O3. The normalized spacial score (nSPS) is 17.3. The third-order valence-corrected chi connectivity index (χ3v) is 3.25. The highest BCUT2D eigenvalue weighted by atomic mass is 16.2. The van der Waals surface area contributed by atoms with Gasteiger partial charge in [0.15, 0.2) is 0 Å². The molecule has 4 amide bonds. The van der Waals surface area contributed by atoms with Gasteiger partial charge in [-0.15, -0.1) is 0 Å². The first kappa shape index (κ1) is 15.9. The molecule has 2 rings (SSSR count). The highest BCUT2D eigenvalue weighted by Crippen LogP contribution is 2.10. The Morgan fingerprint density at radius 3 is 2.68 bits per heavy atom. The lowest BCUT2D eigenvalue weighted by atomic mass is 10.1. The van der Waals surface area contributed by atoms with Gasteiger partial charge in [-0.3, -0.25) is 19.9 Å². The van der Waals surface area contributed by atoms with E-state index in [1.165, 1.54) is 0 Å². The van der Waals surface area contributed by atoms with Crippen LogP contribution >= 0.6 is 0 Å². The van der Waals surface area contributed by atoms with Gasteiger partial charge in [0.25, 0.3) is 5.91 Å². The summed E-state index contributed by atoms with van der Waals surface area (Å²) in [5.74, 6) is -0.345. The molecule has 0 unspecified atom stereocenters. The molecule has 1 aliphatic rings. The number of carbonyl (C=O) groups excluding carboxylic acids is 3. The minimum Gasteiger partial charge on any atom is -0.336 e. The highest BCUT2D eigenvalue weighted by Gasteiger charge is 2.32. The molecule has 2 N–H and O–H groups in total. The summed E-state index contributed by atoms with van der Waals surface area (Å²) in [7, 11) is 0. The maximum Gasteiger partial charge on any atom is 0.322 e. The van der Waals surface area contributed by atoms with Gasteiger partial charge in [-0.2, -0.15) is 0 Å². The molecule has 1 saturated heterocycles. The number of carbonyl (C=O) groups is 3. The Morgan fingerprint density at radius 1 is 1.36 bits per heavy atom. The monoisotopic (exact) mass is 304 g/mol. The van der Waals surface area contributed by atoms with Crippen molar-refractivity contribution in [2.45, 2.75) is 32.9 Å². The van der Waals surface area contributed by atoms with Gasteiger partial charge in [0, 0.05) is 12.7 Å². The van der Waals surface area contributed by atoms with E-state index in [0.717, 1.165) is 5.69 Å². The van der Waals surface area contributed by atoms with E-state index < -0.39 is 18.0 Å². The lowest BCUT2D eigenvalue weighted by Crippen LogP contribution is -2.40. The Hall–Kier alpha value is -2.44. The lowest BCUT2D eigenvalue weighted by Gasteiger charge is -2.25. The molecule has 1 atom stereocenters. The Bertz CT molecular complexity index is 559. The Morgan fingerprint density at radius 2 is 2.14 bits per heavy atom. The summed E-state index contributed by atoms with van der Waals surface area (Å²) in [5.41, 5.74) is 0.788. The van der Waals surface area contributed by atoms with Crippen molar-refractivity contribution in [3.8, 4) is 0 Å². The van der Waals surface area contributed by atoms with Crippen LogP contribution in [0.1, 0.15) is 26.0 Å². The number of imide groups is 1. The standard InChI is InChI=1S/C15H20N4O3/c1-10(2)8-19(9-11-5-3-4-6-16-11)13(20)7-12-14(21)18-15(22)17-12/h3-6,10,12H,7-9H2,1-2H3,(H2,17,18,21,22)/t12-/m1/s1. The molecule has 7 heteroatoms. The fraction of sp³-hybridized carbons (Fsp3) is 0.467. The molecule has 0 aliphatic carbocycles. The zero-order valence-electron chi connectivity index (χ0n) is 12.7. The number of nitrogens with one attached hydrogen (secondary N) is 2. The van der Waals surface area contributed by atoms with E-state index >= 15 is 0 Å². The van der Waals surface area contributed by atoms with Crippen LogP contribution < -0.4 is 10.6 Å². The quantitative estimate of drug-likeness (QED) is 0.755. The summed E-state index contributed by atoms with van der Waals surface area (Å²) in [6, 6.07) is 4.19. The van der Waals surface area contributed by atoms with Gasteiger partial charge in [-0.25, -0.2) is 4.79 Å². The second-order valence-corrected chi connectivity index (χ2v) is 5.71. The lowest BCUT2D eigenvalue weighted by molar-refractivity contribution is -0.135. The molecule has 0 bridgehead atoms. The third-order valence-electron chi connectivity index (χ3n) is 3.25.